The summed E-state index contributed by atoms with van der Waals surface area (Å²) in [7, 11) is 1.67. The Labute approximate surface area is 159 Å². The van der Waals surface area contributed by atoms with Crippen LogP contribution in [0.25, 0.3) is 21.9 Å². The van der Waals surface area contributed by atoms with E-state index in [0.717, 1.165) is 40.5 Å². The number of nitrogens with zero attached hydrogens (tertiary/aromatic N) is 1. The number of aliphatic hydroxyl groups excluding tert-OH is 1. The first-order valence-corrected chi connectivity index (χ1v) is 9.29. The first-order valence-electron chi connectivity index (χ1n) is 9.29. The van der Waals surface area contributed by atoms with Crippen LogP contribution in [0, 0.1) is 0 Å². The number of fused-ring (bicyclic) bond motifs is 1. The first-order chi connectivity index (χ1) is 13.1. The van der Waals surface area contributed by atoms with E-state index in [0.29, 0.717) is 18.7 Å². The van der Waals surface area contributed by atoms with Gasteiger partial charge in [-0.3, -0.25) is 4.79 Å². The van der Waals surface area contributed by atoms with Crippen LogP contribution < -0.4 is 4.74 Å². The number of piperidine rings is 1. The smallest absolute Gasteiger partial charge is 0.253 e. The predicted octanol–water partition coefficient (Wildman–Crippen LogP) is 4.11. The van der Waals surface area contributed by atoms with E-state index >= 15 is 0 Å². The molecule has 3 aromatic carbocycles. The fraction of sp³-hybridized carbons (Fsp3) is 0.261. The topological polar surface area (TPSA) is 49.8 Å². The van der Waals surface area contributed by atoms with Crippen LogP contribution in [0.2, 0.25) is 0 Å². The number of β-amino-alcohol motifs (C(OH)–C–C–N with tert-alkyl or cyclic N) is 1. The highest BCUT2D eigenvalue weighted by Crippen LogP contribution is 2.28. The maximum Gasteiger partial charge on any atom is 0.253 e. The summed E-state index contributed by atoms with van der Waals surface area (Å²) in [6, 6.07) is 20.0. The summed E-state index contributed by atoms with van der Waals surface area (Å²) in [5.74, 6) is 0.824. The van der Waals surface area contributed by atoms with Crippen LogP contribution in [0.4, 0.5) is 0 Å². The van der Waals surface area contributed by atoms with Crippen LogP contribution >= 0.6 is 0 Å². The van der Waals surface area contributed by atoms with Crippen molar-refractivity contribution in [2.24, 2.45) is 0 Å². The Bertz CT molecular complexity index is 982. The normalized spacial score (nSPS) is 17.1. The van der Waals surface area contributed by atoms with Gasteiger partial charge in [0.15, 0.2) is 0 Å². The second kappa shape index (κ2) is 7.41. The van der Waals surface area contributed by atoms with E-state index < -0.39 is 6.10 Å². The highest BCUT2D eigenvalue weighted by molar-refractivity contribution is 5.99. The fourth-order valence-electron chi connectivity index (χ4n) is 3.68. The van der Waals surface area contributed by atoms with E-state index in [4.69, 9.17) is 4.74 Å². The number of benzene rings is 3. The number of carbonyl (C=O) groups excluding carboxylic acids is 1. The lowest BCUT2D eigenvalue weighted by atomic mass is 9.99. The molecular formula is C23H23NO3. The zero-order chi connectivity index (χ0) is 18.8. The van der Waals surface area contributed by atoms with Gasteiger partial charge in [-0.25, -0.2) is 0 Å². The van der Waals surface area contributed by atoms with Gasteiger partial charge in [-0.05, 0) is 65.1 Å². The van der Waals surface area contributed by atoms with Gasteiger partial charge < -0.3 is 14.7 Å². The molecule has 0 spiro atoms. The standard InChI is InChI=1S/C23H23NO3/c1-27-22-6-2-4-16(14-22)17-7-8-19-13-20(10-9-18(19)12-17)23(26)24-11-3-5-21(25)15-24/h2,4,6-10,12-14,21,25H,3,5,11,15H2,1H3/t21-/m1/s1. The lowest BCUT2D eigenvalue weighted by Gasteiger charge is -2.30. The number of methoxy groups -OCH3 is 1. The molecule has 1 aliphatic rings. The number of carbonyl (C=O) groups is 1. The zero-order valence-electron chi connectivity index (χ0n) is 15.4. The van der Waals surface area contributed by atoms with Gasteiger partial charge in [-0.1, -0.05) is 30.3 Å². The monoisotopic (exact) mass is 361 g/mol. The molecule has 1 N–H and O–H groups in total. The van der Waals surface area contributed by atoms with E-state index in [2.05, 4.69) is 18.2 Å². The van der Waals surface area contributed by atoms with Crippen molar-refractivity contribution in [3.63, 3.8) is 0 Å². The Morgan fingerprint density at radius 3 is 2.63 bits per heavy atom. The van der Waals surface area contributed by atoms with Gasteiger partial charge in [-0.2, -0.15) is 0 Å². The van der Waals surface area contributed by atoms with E-state index in [1.54, 1.807) is 12.0 Å². The lowest BCUT2D eigenvalue weighted by molar-refractivity contribution is 0.0474. The molecule has 3 aromatic rings. The third kappa shape index (κ3) is 3.67. The molecule has 4 heteroatoms. The van der Waals surface area contributed by atoms with E-state index in [1.807, 2.05) is 42.5 Å². The quantitative estimate of drug-likeness (QED) is 0.764. The average Bonchev–Trinajstić information content (AvgIpc) is 2.72. The number of rotatable bonds is 3. The molecule has 0 saturated carbocycles. The lowest BCUT2D eigenvalue weighted by Crippen LogP contribution is -2.42. The van der Waals surface area contributed by atoms with Gasteiger partial charge in [0.05, 0.1) is 13.2 Å². The predicted molar refractivity (Wildman–Crippen MR) is 107 cm³/mol. The summed E-state index contributed by atoms with van der Waals surface area (Å²) in [4.78, 5) is 14.5. The summed E-state index contributed by atoms with van der Waals surface area (Å²) in [6.07, 6.45) is 1.22. The molecule has 138 valence electrons. The largest absolute Gasteiger partial charge is 0.497 e. The Kier molecular flexibility index (Phi) is 4.82. The van der Waals surface area contributed by atoms with Crippen molar-refractivity contribution in [2.75, 3.05) is 20.2 Å². The van der Waals surface area contributed by atoms with Crippen LogP contribution in [-0.4, -0.2) is 42.2 Å². The highest BCUT2D eigenvalue weighted by Gasteiger charge is 2.23. The third-order valence-electron chi connectivity index (χ3n) is 5.17. The number of ether oxygens (including phenoxy) is 1. The maximum atomic E-state index is 12.7. The van der Waals surface area contributed by atoms with Gasteiger partial charge in [0.25, 0.3) is 5.91 Å². The van der Waals surface area contributed by atoms with Gasteiger partial charge in [0.2, 0.25) is 0 Å². The molecule has 0 radical (unpaired) electrons. The van der Waals surface area contributed by atoms with E-state index in [1.165, 1.54) is 0 Å². The summed E-state index contributed by atoms with van der Waals surface area (Å²) >= 11 is 0. The van der Waals surface area contributed by atoms with Crippen molar-refractivity contribution in [1.82, 2.24) is 4.90 Å². The van der Waals surface area contributed by atoms with Crippen molar-refractivity contribution >= 4 is 16.7 Å². The highest BCUT2D eigenvalue weighted by atomic mass is 16.5. The summed E-state index contributed by atoms with van der Waals surface area (Å²) < 4.78 is 5.31. The number of aliphatic hydroxyl groups is 1. The molecule has 0 unspecified atom stereocenters. The van der Waals surface area contributed by atoms with Gasteiger partial charge in [0, 0.05) is 18.7 Å². The van der Waals surface area contributed by atoms with Crippen molar-refractivity contribution in [1.29, 1.82) is 0 Å². The molecule has 1 aliphatic heterocycles. The molecule has 0 aromatic heterocycles. The summed E-state index contributed by atoms with van der Waals surface area (Å²) in [5.41, 5.74) is 2.88. The SMILES string of the molecule is COc1cccc(-c2ccc3cc(C(=O)N4CCC[C@@H](O)C4)ccc3c2)c1. The number of amides is 1. The summed E-state index contributed by atoms with van der Waals surface area (Å²) in [5, 5.41) is 11.9. The Balaban J connectivity index is 1.63. The minimum Gasteiger partial charge on any atom is -0.497 e. The van der Waals surface area contributed by atoms with Crippen LogP contribution in [-0.2, 0) is 0 Å². The Hall–Kier alpha value is -2.85. The molecule has 4 rings (SSSR count). The number of likely N-dealkylation sites (tertiary alicyclic amines) is 1. The second-order valence-corrected chi connectivity index (χ2v) is 7.06. The van der Waals surface area contributed by atoms with Crippen LogP contribution in [0.5, 0.6) is 5.75 Å². The molecule has 27 heavy (non-hydrogen) atoms. The zero-order valence-corrected chi connectivity index (χ0v) is 15.4. The molecule has 1 atom stereocenters. The fourth-order valence-corrected chi connectivity index (χ4v) is 3.68. The number of hydrogen-bond acceptors (Lipinski definition) is 3. The van der Waals surface area contributed by atoms with Crippen LogP contribution in [0.3, 0.4) is 0 Å². The molecule has 4 nitrogen and oxygen atoms in total. The van der Waals surface area contributed by atoms with Gasteiger partial charge in [-0.15, -0.1) is 0 Å². The minimum absolute atomic E-state index is 0.00692. The van der Waals surface area contributed by atoms with Crippen molar-refractivity contribution in [3.8, 4) is 16.9 Å². The molecule has 1 heterocycles. The molecule has 1 saturated heterocycles. The van der Waals surface area contributed by atoms with Gasteiger partial charge >= 0.3 is 0 Å². The molecule has 0 bridgehead atoms. The third-order valence-corrected chi connectivity index (χ3v) is 5.17. The van der Waals surface area contributed by atoms with Crippen LogP contribution in [0.1, 0.15) is 23.2 Å². The number of hydrogen-bond donors (Lipinski definition) is 1. The summed E-state index contributed by atoms with van der Waals surface area (Å²) in [6.45, 7) is 1.13. The Morgan fingerprint density at radius 2 is 1.81 bits per heavy atom. The maximum absolute atomic E-state index is 12.7. The minimum atomic E-state index is -0.409. The first kappa shape index (κ1) is 17.6. The van der Waals surface area contributed by atoms with Crippen molar-refractivity contribution in [2.45, 2.75) is 18.9 Å². The molecule has 1 amide bonds. The van der Waals surface area contributed by atoms with Gasteiger partial charge in [0.1, 0.15) is 5.75 Å². The Morgan fingerprint density at radius 1 is 1.04 bits per heavy atom. The second-order valence-electron chi connectivity index (χ2n) is 7.06. The van der Waals surface area contributed by atoms with Crippen molar-refractivity contribution < 1.29 is 14.6 Å². The van der Waals surface area contributed by atoms with Crippen LogP contribution in [0.15, 0.2) is 60.7 Å². The molecular weight excluding hydrogens is 338 g/mol. The average molecular weight is 361 g/mol. The van der Waals surface area contributed by atoms with E-state index in [-0.39, 0.29) is 5.91 Å². The van der Waals surface area contributed by atoms with Crippen molar-refractivity contribution in [3.05, 3.63) is 66.2 Å². The molecule has 0 aliphatic carbocycles. The van der Waals surface area contributed by atoms with E-state index in [9.17, 15) is 9.90 Å². The molecule has 1 fully saturated rings.